The monoisotopic (exact) mass is 419 g/mol. The molecular weight excluding hydrogens is 390 g/mol. The molecule has 4 atom stereocenters. The van der Waals surface area contributed by atoms with Crippen molar-refractivity contribution in [2.75, 3.05) is 19.8 Å². The summed E-state index contributed by atoms with van der Waals surface area (Å²) in [6.07, 6.45) is -0.885. The lowest BCUT2D eigenvalue weighted by Crippen LogP contribution is -2.44. The van der Waals surface area contributed by atoms with Crippen molar-refractivity contribution in [1.29, 1.82) is 0 Å². The second-order valence-corrected chi connectivity index (χ2v) is 8.14. The number of alkyl halides is 1. The molecular formula is C18H29FN2O6P+. The van der Waals surface area contributed by atoms with Gasteiger partial charge in [-0.15, -0.1) is 0 Å². The maximum atomic E-state index is 14.6. The average molecular weight is 419 g/mol. The van der Waals surface area contributed by atoms with Crippen LogP contribution in [0.5, 0.6) is 0 Å². The van der Waals surface area contributed by atoms with E-state index in [2.05, 4.69) is 6.58 Å². The van der Waals surface area contributed by atoms with Crippen molar-refractivity contribution in [2.45, 2.75) is 51.3 Å². The molecule has 0 aromatic carbocycles. The van der Waals surface area contributed by atoms with E-state index >= 15 is 0 Å². The summed E-state index contributed by atoms with van der Waals surface area (Å²) in [5.41, 5.74) is 6.61. The Morgan fingerprint density at radius 2 is 2.00 bits per heavy atom. The fourth-order valence-electron chi connectivity index (χ4n) is 2.60. The standard InChI is InChI=1S/C18H29FN2O6P/c1-4-9-24-28(23,25-10-5-2)26-12-15-17(22)16(19)18(27-15)21-8-6-7-14(11-21)13(3)20/h6-8,11,15-18,22H,3-5,9-10,12,20H2,1-2H3/q+1/t15?,16-,17+,18?/m0/s1. The van der Waals surface area contributed by atoms with Gasteiger partial charge in [0.05, 0.1) is 25.4 Å². The maximum Gasteiger partial charge on any atom is 0.474 e. The van der Waals surface area contributed by atoms with E-state index in [4.69, 9.17) is 24.0 Å². The van der Waals surface area contributed by atoms with Gasteiger partial charge in [0.25, 0.3) is 6.23 Å². The lowest BCUT2D eigenvalue weighted by molar-refractivity contribution is -0.764. The molecule has 2 heterocycles. The number of phosphoric ester groups is 1. The summed E-state index contributed by atoms with van der Waals surface area (Å²) < 4.78 is 50.1. The molecule has 1 aromatic rings. The third kappa shape index (κ3) is 5.83. The van der Waals surface area contributed by atoms with E-state index in [-0.39, 0.29) is 19.8 Å². The van der Waals surface area contributed by atoms with Crippen molar-refractivity contribution in [3.63, 3.8) is 0 Å². The van der Waals surface area contributed by atoms with E-state index in [1.165, 1.54) is 4.57 Å². The molecule has 1 fully saturated rings. The lowest BCUT2D eigenvalue weighted by Gasteiger charge is -2.20. The van der Waals surface area contributed by atoms with Crippen LogP contribution in [-0.4, -0.2) is 43.3 Å². The molecule has 1 aliphatic heterocycles. The van der Waals surface area contributed by atoms with E-state index in [1.807, 2.05) is 13.8 Å². The van der Waals surface area contributed by atoms with Crippen LogP contribution in [0, 0.1) is 0 Å². The third-order valence-electron chi connectivity index (χ3n) is 4.08. The number of hydrogen-bond donors (Lipinski definition) is 2. The van der Waals surface area contributed by atoms with Crippen molar-refractivity contribution in [1.82, 2.24) is 0 Å². The Bertz CT molecular complexity index is 694. The van der Waals surface area contributed by atoms with Crippen LogP contribution in [0.4, 0.5) is 4.39 Å². The van der Waals surface area contributed by atoms with Gasteiger partial charge < -0.3 is 15.6 Å². The molecule has 0 aliphatic carbocycles. The van der Waals surface area contributed by atoms with Crippen LogP contribution in [0.1, 0.15) is 38.5 Å². The molecule has 10 heteroatoms. The highest BCUT2D eigenvalue weighted by Gasteiger charge is 2.50. The molecule has 0 spiro atoms. The van der Waals surface area contributed by atoms with E-state index in [0.717, 1.165) is 0 Å². The van der Waals surface area contributed by atoms with Crippen molar-refractivity contribution >= 4 is 13.5 Å². The lowest BCUT2D eigenvalue weighted by atomic mass is 10.1. The minimum absolute atomic E-state index is 0.190. The van der Waals surface area contributed by atoms with Crippen LogP contribution in [0.15, 0.2) is 31.1 Å². The molecule has 1 saturated heterocycles. The van der Waals surface area contributed by atoms with Crippen molar-refractivity contribution < 1.29 is 36.9 Å². The minimum Gasteiger partial charge on any atom is -0.399 e. The summed E-state index contributed by atoms with van der Waals surface area (Å²) in [6, 6.07) is 3.40. The highest BCUT2D eigenvalue weighted by Crippen LogP contribution is 2.50. The van der Waals surface area contributed by atoms with Crippen LogP contribution < -0.4 is 10.3 Å². The van der Waals surface area contributed by atoms with Crippen molar-refractivity contribution in [3.05, 3.63) is 36.7 Å². The Morgan fingerprint density at radius 1 is 1.36 bits per heavy atom. The molecule has 158 valence electrons. The number of nitrogens with two attached hydrogens (primary N) is 1. The Labute approximate surface area is 164 Å². The van der Waals surface area contributed by atoms with Gasteiger partial charge in [-0.3, -0.25) is 13.6 Å². The van der Waals surface area contributed by atoms with Gasteiger partial charge in [0.15, 0.2) is 12.4 Å². The highest BCUT2D eigenvalue weighted by atomic mass is 31.2. The Hall–Kier alpha value is -1.35. The largest absolute Gasteiger partial charge is 0.474 e. The minimum atomic E-state index is -3.81. The molecule has 28 heavy (non-hydrogen) atoms. The average Bonchev–Trinajstić information content (AvgIpc) is 2.98. The number of pyridine rings is 1. The van der Waals surface area contributed by atoms with E-state index in [0.29, 0.717) is 24.1 Å². The first kappa shape index (κ1) is 22.9. The zero-order valence-corrected chi connectivity index (χ0v) is 17.1. The van der Waals surface area contributed by atoms with E-state index in [1.54, 1.807) is 24.5 Å². The van der Waals surface area contributed by atoms with Gasteiger partial charge in [-0.2, -0.15) is 4.57 Å². The van der Waals surface area contributed by atoms with E-state index in [9.17, 15) is 14.1 Å². The quantitative estimate of drug-likeness (QED) is 0.419. The van der Waals surface area contributed by atoms with Gasteiger partial charge in [-0.1, -0.05) is 20.4 Å². The molecule has 0 radical (unpaired) electrons. The van der Waals surface area contributed by atoms with Crippen LogP contribution in [0.25, 0.3) is 5.70 Å². The summed E-state index contributed by atoms with van der Waals surface area (Å²) in [7, 11) is -3.81. The third-order valence-corrected chi connectivity index (χ3v) is 5.55. The molecule has 3 N–H and O–H groups in total. The molecule has 0 bridgehead atoms. The van der Waals surface area contributed by atoms with Gasteiger partial charge in [0, 0.05) is 11.8 Å². The molecule has 0 saturated carbocycles. The first-order valence-corrected chi connectivity index (χ1v) is 10.7. The van der Waals surface area contributed by atoms with Crippen LogP contribution in [0.3, 0.4) is 0 Å². The number of aromatic nitrogens is 1. The molecule has 2 unspecified atom stereocenters. The topological polar surface area (TPSA) is 104 Å². The van der Waals surface area contributed by atoms with Crippen molar-refractivity contribution in [2.24, 2.45) is 5.73 Å². The molecule has 1 aliphatic rings. The summed E-state index contributed by atoms with van der Waals surface area (Å²) >= 11 is 0. The smallest absolute Gasteiger partial charge is 0.399 e. The fraction of sp³-hybridized carbons (Fsp3) is 0.611. The normalized spacial score (nSPS) is 25.1. The van der Waals surface area contributed by atoms with Crippen molar-refractivity contribution in [3.8, 4) is 0 Å². The second-order valence-electron chi connectivity index (χ2n) is 6.47. The van der Waals surface area contributed by atoms with E-state index < -0.39 is 32.4 Å². The predicted octanol–water partition coefficient (Wildman–Crippen LogP) is 2.48. The maximum absolute atomic E-state index is 14.6. The summed E-state index contributed by atoms with van der Waals surface area (Å²) in [4.78, 5) is 0. The zero-order valence-electron chi connectivity index (χ0n) is 16.2. The highest BCUT2D eigenvalue weighted by molar-refractivity contribution is 7.48. The first-order valence-electron chi connectivity index (χ1n) is 9.28. The first-order chi connectivity index (χ1) is 13.3. The Kier molecular flexibility index (Phi) is 8.55. The Morgan fingerprint density at radius 3 is 2.57 bits per heavy atom. The van der Waals surface area contributed by atoms with Gasteiger partial charge in [0.1, 0.15) is 12.2 Å². The second kappa shape index (κ2) is 10.4. The summed E-state index contributed by atoms with van der Waals surface area (Å²) in [5, 5.41) is 10.2. The number of ether oxygens (including phenoxy) is 1. The number of nitrogens with zero attached hydrogens (tertiary/aromatic N) is 1. The Balaban J connectivity index is 2.06. The van der Waals surface area contributed by atoms with Crippen LogP contribution in [-0.2, 0) is 22.9 Å². The number of aliphatic hydroxyl groups excluding tert-OH is 1. The summed E-state index contributed by atoms with van der Waals surface area (Å²) in [6.45, 7) is 7.40. The molecule has 8 nitrogen and oxygen atoms in total. The molecule has 2 rings (SSSR count). The molecule has 1 aromatic heterocycles. The van der Waals surface area contributed by atoms with Gasteiger partial charge in [-0.05, 0) is 18.9 Å². The number of hydrogen-bond acceptors (Lipinski definition) is 7. The van der Waals surface area contributed by atoms with Crippen LogP contribution in [0.2, 0.25) is 0 Å². The number of phosphoric acid groups is 1. The predicted molar refractivity (Wildman–Crippen MR) is 101 cm³/mol. The number of aliphatic hydroxyl groups is 1. The summed E-state index contributed by atoms with van der Waals surface area (Å²) in [5.74, 6) is 0. The molecule has 0 amide bonds. The SMILES string of the molecule is C=C(N)c1ccc[n+](C2OC(COP(=O)(OCCC)OCCC)[C@@H](O)[C@@H]2F)c1. The fourth-order valence-corrected chi connectivity index (χ4v) is 3.97. The van der Waals surface area contributed by atoms with Gasteiger partial charge >= 0.3 is 7.82 Å². The van der Waals surface area contributed by atoms with Gasteiger partial charge in [-0.25, -0.2) is 8.96 Å². The number of halogens is 1. The van der Waals surface area contributed by atoms with Crippen LogP contribution >= 0.6 is 7.82 Å². The zero-order chi connectivity index (χ0) is 20.7. The number of rotatable bonds is 11. The van der Waals surface area contributed by atoms with Gasteiger partial charge in [0.2, 0.25) is 6.17 Å².